The van der Waals surface area contributed by atoms with Gasteiger partial charge in [0.25, 0.3) is 5.91 Å². The van der Waals surface area contributed by atoms with Crippen molar-refractivity contribution >= 4 is 39.2 Å². The molecule has 0 saturated carbocycles. The second-order valence-corrected chi connectivity index (χ2v) is 9.46. The van der Waals surface area contributed by atoms with Crippen LogP contribution in [0.2, 0.25) is 5.15 Å². The molecule has 0 radical (unpaired) electrons. The van der Waals surface area contributed by atoms with Crippen LogP contribution in [0.4, 0.5) is 11.6 Å². The number of nitrogens with two attached hydrogens (primary N) is 2. The summed E-state index contributed by atoms with van der Waals surface area (Å²) >= 11 is 5.79. The Morgan fingerprint density at radius 1 is 1.06 bits per heavy atom. The lowest BCUT2D eigenvalue weighted by molar-refractivity contribution is -0.889. The van der Waals surface area contributed by atoms with Crippen molar-refractivity contribution in [1.82, 2.24) is 20.0 Å². The number of likely N-dealkylation sites (N-methyl/N-ethyl adjacent to an activating group) is 1. The summed E-state index contributed by atoms with van der Waals surface area (Å²) in [5.41, 5.74) is 11.1. The Morgan fingerprint density at radius 2 is 1.71 bits per heavy atom. The summed E-state index contributed by atoms with van der Waals surface area (Å²) in [4.78, 5) is 20.1. The number of carbonyl (C=O) groups is 1. The first-order valence-electron chi connectivity index (χ1n) is 9.25. The van der Waals surface area contributed by atoms with E-state index in [0.717, 1.165) is 0 Å². The van der Waals surface area contributed by atoms with E-state index in [4.69, 9.17) is 23.1 Å². The first-order chi connectivity index (χ1) is 14.0. The number of halogens is 2. The Morgan fingerprint density at radius 3 is 2.35 bits per heavy atom. The van der Waals surface area contributed by atoms with Crippen molar-refractivity contribution in [3.8, 4) is 0 Å². The van der Waals surface area contributed by atoms with Crippen LogP contribution in [0, 0.1) is 0 Å². The van der Waals surface area contributed by atoms with Crippen LogP contribution in [0.5, 0.6) is 0 Å². The van der Waals surface area contributed by atoms with Gasteiger partial charge in [0.2, 0.25) is 10.0 Å². The largest absolute Gasteiger partial charge is 1.00 e. The fourth-order valence-corrected chi connectivity index (χ4v) is 3.89. The number of hydrogen-bond acceptors (Lipinski definition) is 7. The Bertz CT molecular complexity index is 991. The lowest BCUT2D eigenvalue weighted by Crippen LogP contribution is -3.00. The van der Waals surface area contributed by atoms with Gasteiger partial charge in [-0.25, -0.2) is 23.1 Å². The Hall–Kier alpha value is -1.99. The third-order valence-electron chi connectivity index (χ3n) is 4.41. The van der Waals surface area contributed by atoms with E-state index in [1.807, 2.05) is 14.1 Å². The highest BCUT2D eigenvalue weighted by Crippen LogP contribution is 2.17. The van der Waals surface area contributed by atoms with Gasteiger partial charge in [0.15, 0.2) is 22.5 Å². The number of carbonyl (C=O) groups excluding carboxylic acids is 1. The third-order valence-corrected chi connectivity index (χ3v) is 6.16. The second kappa shape index (κ2) is 11.6. The quantitative estimate of drug-likeness (QED) is 0.193. The highest BCUT2D eigenvalue weighted by Gasteiger charge is 2.19. The molecule has 1 aromatic heterocycles. The van der Waals surface area contributed by atoms with Gasteiger partial charge in [0.1, 0.15) is 0 Å². The van der Waals surface area contributed by atoms with E-state index in [9.17, 15) is 13.2 Å². The molecule has 0 aliphatic rings. The van der Waals surface area contributed by atoms with Gasteiger partial charge in [0.05, 0.1) is 38.6 Å². The van der Waals surface area contributed by atoms with Crippen LogP contribution in [-0.2, 0) is 10.0 Å². The third kappa shape index (κ3) is 8.22. The molecule has 2 rings (SSSR count). The standard InChI is InChI=1S/C18H26ClN7O3S.BrH/c1-26(2,11-6-9-23-30(28,29)13-7-4-3-5-8-13)12-10-22-18(27)14-16(20)25-17(21)15(19)24-14;/h3-5,7-8,23H,6,9-12H2,1-2H3,(H4-,20,21,22,25,27);1H. The van der Waals surface area contributed by atoms with Gasteiger partial charge < -0.3 is 38.2 Å². The first kappa shape index (κ1) is 27.0. The van der Waals surface area contributed by atoms with Crippen molar-refractivity contribution in [3.63, 3.8) is 0 Å². The zero-order valence-corrected chi connectivity index (χ0v) is 20.5. The molecular weight excluding hydrogens is 510 g/mol. The van der Waals surface area contributed by atoms with E-state index >= 15 is 0 Å². The summed E-state index contributed by atoms with van der Waals surface area (Å²) in [5, 5.41) is 2.65. The van der Waals surface area contributed by atoms with Crippen molar-refractivity contribution < 1.29 is 34.7 Å². The predicted molar refractivity (Wildman–Crippen MR) is 116 cm³/mol. The van der Waals surface area contributed by atoms with Crippen LogP contribution in [0.3, 0.4) is 0 Å². The van der Waals surface area contributed by atoms with Gasteiger partial charge in [-0.05, 0) is 12.1 Å². The number of hydrogen-bond donors (Lipinski definition) is 4. The van der Waals surface area contributed by atoms with Crippen molar-refractivity contribution in [2.45, 2.75) is 11.3 Å². The monoisotopic (exact) mass is 535 g/mol. The molecule has 0 aliphatic carbocycles. The maximum absolute atomic E-state index is 12.2. The van der Waals surface area contributed by atoms with Crippen LogP contribution in [-0.4, -0.2) is 69.1 Å². The molecule has 0 bridgehead atoms. The molecule has 172 valence electrons. The maximum atomic E-state index is 12.2. The van der Waals surface area contributed by atoms with E-state index in [2.05, 4.69) is 20.0 Å². The fourth-order valence-electron chi connectivity index (χ4n) is 2.67. The van der Waals surface area contributed by atoms with Crippen LogP contribution >= 0.6 is 11.6 Å². The number of nitrogens with zero attached hydrogens (tertiary/aromatic N) is 3. The number of aromatic nitrogens is 2. The van der Waals surface area contributed by atoms with E-state index in [1.165, 1.54) is 0 Å². The maximum Gasteiger partial charge on any atom is 0.273 e. The number of sulfonamides is 1. The number of quaternary nitrogens is 1. The van der Waals surface area contributed by atoms with Crippen molar-refractivity contribution in [2.24, 2.45) is 0 Å². The van der Waals surface area contributed by atoms with E-state index in [0.29, 0.717) is 37.1 Å². The zero-order chi connectivity index (χ0) is 22.4. The Kier molecular flexibility index (Phi) is 10.1. The first-order valence-corrected chi connectivity index (χ1v) is 11.1. The lowest BCUT2D eigenvalue weighted by Gasteiger charge is -2.30. The summed E-state index contributed by atoms with van der Waals surface area (Å²) in [7, 11) is 0.478. The zero-order valence-electron chi connectivity index (χ0n) is 17.3. The van der Waals surface area contributed by atoms with Gasteiger partial charge in [-0.15, -0.1) is 0 Å². The molecule has 6 N–H and O–H groups in total. The molecule has 10 nitrogen and oxygen atoms in total. The number of rotatable bonds is 10. The van der Waals surface area contributed by atoms with Crippen molar-refractivity contribution in [2.75, 3.05) is 51.7 Å². The Balaban J connectivity index is 0.00000480. The fraction of sp³-hybridized carbons (Fsp3) is 0.389. The predicted octanol–water partition coefficient (Wildman–Crippen LogP) is -2.53. The Labute approximate surface area is 197 Å². The minimum Gasteiger partial charge on any atom is -1.00 e. The molecule has 0 atom stereocenters. The number of nitrogens with one attached hydrogen (secondary N) is 2. The molecular formula is C18H27BrClN7O3S. The molecule has 1 amide bonds. The average molecular weight is 537 g/mol. The molecule has 13 heteroatoms. The minimum atomic E-state index is -3.51. The summed E-state index contributed by atoms with van der Waals surface area (Å²) in [5.74, 6) is -0.613. The average Bonchev–Trinajstić information content (AvgIpc) is 2.68. The normalized spacial score (nSPS) is 11.6. The topological polar surface area (TPSA) is 153 Å². The SMILES string of the molecule is C[N+](C)(CCCNS(=O)(=O)c1ccccc1)CCNC(=O)c1nc(Cl)c(N)nc1N.[Br-]. The molecule has 0 fully saturated rings. The summed E-state index contributed by atoms with van der Waals surface area (Å²) in [6, 6.07) is 8.23. The van der Waals surface area contributed by atoms with Gasteiger partial charge in [0, 0.05) is 13.0 Å². The van der Waals surface area contributed by atoms with Gasteiger partial charge in [-0.3, -0.25) is 4.79 Å². The summed E-state index contributed by atoms with van der Waals surface area (Å²) in [6.45, 7) is 2.02. The molecule has 1 heterocycles. The summed E-state index contributed by atoms with van der Waals surface area (Å²) in [6.07, 6.45) is 0.638. The molecule has 0 saturated heterocycles. The molecule has 0 spiro atoms. The molecule has 1 aromatic carbocycles. The second-order valence-electron chi connectivity index (χ2n) is 7.34. The van der Waals surface area contributed by atoms with E-state index < -0.39 is 15.9 Å². The highest BCUT2D eigenvalue weighted by molar-refractivity contribution is 7.89. The number of amides is 1. The number of nitrogen functional groups attached to an aromatic ring is 2. The van der Waals surface area contributed by atoms with Crippen LogP contribution in [0.15, 0.2) is 35.2 Å². The smallest absolute Gasteiger partial charge is 0.273 e. The van der Waals surface area contributed by atoms with Crippen LogP contribution in [0.1, 0.15) is 16.9 Å². The minimum absolute atomic E-state index is 0. The van der Waals surface area contributed by atoms with E-state index in [1.54, 1.807) is 30.3 Å². The number of benzene rings is 1. The number of anilines is 2. The summed E-state index contributed by atoms with van der Waals surface area (Å²) < 4.78 is 27.6. The van der Waals surface area contributed by atoms with Crippen molar-refractivity contribution in [3.05, 3.63) is 41.2 Å². The molecule has 0 unspecified atom stereocenters. The molecule has 0 aliphatic heterocycles. The van der Waals surface area contributed by atoms with Gasteiger partial charge >= 0.3 is 0 Å². The van der Waals surface area contributed by atoms with Crippen LogP contribution < -0.4 is 38.5 Å². The lowest BCUT2D eigenvalue weighted by atomic mass is 10.3. The highest BCUT2D eigenvalue weighted by atomic mass is 79.9. The van der Waals surface area contributed by atoms with Gasteiger partial charge in [-0.1, -0.05) is 29.8 Å². The van der Waals surface area contributed by atoms with Gasteiger partial charge in [-0.2, -0.15) is 0 Å². The van der Waals surface area contributed by atoms with Crippen molar-refractivity contribution in [1.29, 1.82) is 0 Å². The molecule has 31 heavy (non-hydrogen) atoms. The molecule has 2 aromatic rings. The van der Waals surface area contributed by atoms with Crippen LogP contribution in [0.25, 0.3) is 0 Å². The van der Waals surface area contributed by atoms with E-state index in [-0.39, 0.29) is 44.4 Å².